The van der Waals surface area contributed by atoms with E-state index in [2.05, 4.69) is 38.8 Å². The fourth-order valence-corrected chi connectivity index (χ4v) is 2.06. The topological polar surface area (TPSA) is 25.4 Å². The van der Waals surface area contributed by atoms with Gasteiger partial charge >= 0.3 is 0 Å². The second kappa shape index (κ2) is 4.94. The Hall–Kier alpha value is -0.610. The molecule has 0 N–H and O–H groups in total. The minimum absolute atomic E-state index is 0.347. The van der Waals surface area contributed by atoms with E-state index in [0.717, 1.165) is 36.4 Å². The van der Waals surface area contributed by atoms with Crippen LogP contribution in [0.3, 0.4) is 0 Å². The van der Waals surface area contributed by atoms with Gasteiger partial charge in [0.2, 0.25) is 0 Å². The zero-order chi connectivity index (χ0) is 10.7. The monoisotopic (exact) mass is 270 g/mol. The third-order valence-corrected chi connectivity index (χ3v) is 3.12. The van der Waals surface area contributed by atoms with Gasteiger partial charge in [0.25, 0.3) is 0 Å². The van der Waals surface area contributed by atoms with Gasteiger partial charge in [-0.2, -0.15) is 0 Å². The molecule has 0 bridgehead atoms. The molecule has 2 rings (SSSR count). The van der Waals surface area contributed by atoms with Crippen LogP contribution in [-0.4, -0.2) is 30.8 Å². The summed E-state index contributed by atoms with van der Waals surface area (Å²) >= 11 is 3.46. The number of aromatic nitrogens is 1. The second-order valence-electron chi connectivity index (χ2n) is 3.68. The van der Waals surface area contributed by atoms with E-state index in [4.69, 9.17) is 4.74 Å². The van der Waals surface area contributed by atoms with Crippen molar-refractivity contribution in [3.63, 3.8) is 0 Å². The molecule has 1 unspecified atom stereocenters. The van der Waals surface area contributed by atoms with Crippen LogP contribution in [0.1, 0.15) is 13.3 Å². The van der Waals surface area contributed by atoms with E-state index in [-0.39, 0.29) is 0 Å². The predicted octanol–water partition coefficient (Wildman–Crippen LogP) is 2.46. The summed E-state index contributed by atoms with van der Waals surface area (Å²) in [5.74, 6) is 1.03. The lowest BCUT2D eigenvalue weighted by Crippen LogP contribution is -2.42. The summed E-state index contributed by atoms with van der Waals surface area (Å²) in [6.45, 7) is 4.83. The Labute approximate surface area is 98.6 Å². The van der Waals surface area contributed by atoms with Gasteiger partial charge < -0.3 is 9.64 Å². The molecular weight excluding hydrogens is 256 g/mol. The van der Waals surface area contributed by atoms with Crippen LogP contribution in [0.2, 0.25) is 0 Å². The van der Waals surface area contributed by atoms with Gasteiger partial charge in [0.05, 0.1) is 12.7 Å². The molecule has 1 aliphatic heterocycles. The number of nitrogens with zero attached hydrogens (tertiary/aromatic N) is 2. The van der Waals surface area contributed by atoms with E-state index in [0.29, 0.717) is 6.10 Å². The number of halogens is 1. The summed E-state index contributed by atoms with van der Waals surface area (Å²) in [4.78, 5) is 6.65. The number of rotatable bonds is 2. The van der Waals surface area contributed by atoms with Crippen LogP contribution < -0.4 is 4.90 Å². The molecule has 1 aliphatic rings. The summed E-state index contributed by atoms with van der Waals surface area (Å²) in [7, 11) is 0. The smallest absolute Gasteiger partial charge is 0.129 e. The van der Waals surface area contributed by atoms with Crippen LogP contribution in [0, 0.1) is 0 Å². The molecule has 15 heavy (non-hydrogen) atoms. The number of ether oxygens (including phenoxy) is 1. The zero-order valence-corrected chi connectivity index (χ0v) is 10.4. The van der Waals surface area contributed by atoms with Gasteiger partial charge in [-0.25, -0.2) is 4.98 Å². The van der Waals surface area contributed by atoms with Crippen molar-refractivity contribution in [2.45, 2.75) is 19.4 Å². The van der Waals surface area contributed by atoms with Crippen LogP contribution in [0.15, 0.2) is 22.8 Å². The van der Waals surface area contributed by atoms with E-state index >= 15 is 0 Å². The van der Waals surface area contributed by atoms with Crippen molar-refractivity contribution in [1.82, 2.24) is 4.98 Å². The lowest BCUT2D eigenvalue weighted by Gasteiger charge is -2.33. The van der Waals surface area contributed by atoms with E-state index < -0.39 is 0 Å². The Morgan fingerprint density at radius 3 is 3.27 bits per heavy atom. The van der Waals surface area contributed by atoms with Crippen molar-refractivity contribution in [3.05, 3.63) is 22.8 Å². The average molecular weight is 271 g/mol. The van der Waals surface area contributed by atoms with Gasteiger partial charge in [-0.3, -0.25) is 0 Å². The Balaban J connectivity index is 2.09. The van der Waals surface area contributed by atoms with Crippen LogP contribution in [0.5, 0.6) is 0 Å². The van der Waals surface area contributed by atoms with Crippen LogP contribution >= 0.6 is 15.9 Å². The molecule has 1 saturated heterocycles. The molecule has 0 saturated carbocycles. The quantitative estimate of drug-likeness (QED) is 0.826. The SMILES string of the molecule is CCC1CN(c2cc(Br)ccn2)CCO1. The van der Waals surface area contributed by atoms with Gasteiger partial charge in [-0.1, -0.05) is 22.9 Å². The summed E-state index contributed by atoms with van der Waals surface area (Å²) in [5, 5.41) is 0. The fraction of sp³-hybridized carbons (Fsp3) is 0.545. The van der Waals surface area contributed by atoms with Crippen molar-refractivity contribution in [1.29, 1.82) is 0 Å². The highest BCUT2D eigenvalue weighted by molar-refractivity contribution is 9.10. The minimum atomic E-state index is 0.347. The maximum absolute atomic E-state index is 5.63. The van der Waals surface area contributed by atoms with Crippen molar-refractivity contribution < 1.29 is 4.74 Å². The van der Waals surface area contributed by atoms with Gasteiger partial charge in [0.1, 0.15) is 5.82 Å². The maximum atomic E-state index is 5.63. The molecule has 1 atom stereocenters. The number of hydrogen-bond donors (Lipinski definition) is 0. The Morgan fingerprint density at radius 2 is 2.53 bits per heavy atom. The van der Waals surface area contributed by atoms with Crippen LogP contribution in [0.4, 0.5) is 5.82 Å². The van der Waals surface area contributed by atoms with Gasteiger partial charge in [0.15, 0.2) is 0 Å². The largest absolute Gasteiger partial charge is 0.375 e. The van der Waals surface area contributed by atoms with E-state index in [1.54, 1.807) is 0 Å². The van der Waals surface area contributed by atoms with Crippen molar-refractivity contribution in [2.75, 3.05) is 24.6 Å². The summed E-state index contributed by atoms with van der Waals surface area (Å²) in [5.41, 5.74) is 0. The standard InChI is InChI=1S/C11H15BrN2O/c1-2-10-8-14(5-6-15-10)11-7-9(12)3-4-13-11/h3-4,7,10H,2,5-6,8H2,1H3. The Bertz CT molecular complexity index is 332. The maximum Gasteiger partial charge on any atom is 0.129 e. The first-order valence-corrected chi connectivity index (χ1v) is 6.07. The summed E-state index contributed by atoms with van der Waals surface area (Å²) in [6.07, 6.45) is 3.24. The highest BCUT2D eigenvalue weighted by Crippen LogP contribution is 2.19. The van der Waals surface area contributed by atoms with Crippen LogP contribution in [-0.2, 0) is 4.74 Å². The molecule has 4 heteroatoms. The lowest BCUT2D eigenvalue weighted by atomic mass is 10.2. The van der Waals surface area contributed by atoms with Gasteiger partial charge in [0, 0.05) is 23.8 Å². The number of morpholine rings is 1. The van der Waals surface area contributed by atoms with Gasteiger partial charge in [-0.05, 0) is 18.6 Å². The highest BCUT2D eigenvalue weighted by atomic mass is 79.9. The molecule has 2 heterocycles. The Morgan fingerprint density at radius 1 is 1.67 bits per heavy atom. The first kappa shape index (κ1) is 10.9. The lowest BCUT2D eigenvalue weighted by molar-refractivity contribution is 0.0381. The van der Waals surface area contributed by atoms with Crippen LogP contribution in [0.25, 0.3) is 0 Å². The first-order chi connectivity index (χ1) is 7.29. The third kappa shape index (κ3) is 2.69. The second-order valence-corrected chi connectivity index (χ2v) is 4.59. The molecule has 0 aromatic carbocycles. The number of pyridine rings is 1. The van der Waals surface area contributed by atoms with Crippen molar-refractivity contribution in [2.24, 2.45) is 0 Å². The minimum Gasteiger partial charge on any atom is -0.375 e. The summed E-state index contributed by atoms with van der Waals surface area (Å²) < 4.78 is 6.70. The molecule has 3 nitrogen and oxygen atoms in total. The van der Waals surface area contributed by atoms with Gasteiger partial charge in [-0.15, -0.1) is 0 Å². The normalized spacial score (nSPS) is 21.7. The number of anilines is 1. The fourth-order valence-electron chi connectivity index (χ4n) is 1.74. The zero-order valence-electron chi connectivity index (χ0n) is 8.82. The molecule has 0 radical (unpaired) electrons. The molecule has 0 spiro atoms. The number of hydrogen-bond acceptors (Lipinski definition) is 3. The van der Waals surface area contributed by atoms with Crippen molar-refractivity contribution >= 4 is 21.7 Å². The molecule has 0 amide bonds. The Kier molecular flexibility index (Phi) is 3.59. The molecular formula is C11H15BrN2O. The molecule has 1 aromatic rings. The third-order valence-electron chi connectivity index (χ3n) is 2.63. The first-order valence-electron chi connectivity index (χ1n) is 5.27. The molecule has 1 aromatic heterocycles. The molecule has 1 fully saturated rings. The van der Waals surface area contributed by atoms with Crippen molar-refractivity contribution in [3.8, 4) is 0 Å². The summed E-state index contributed by atoms with van der Waals surface area (Å²) in [6, 6.07) is 4.00. The van der Waals surface area contributed by atoms with E-state index in [1.807, 2.05) is 12.3 Å². The van der Waals surface area contributed by atoms with E-state index in [9.17, 15) is 0 Å². The molecule has 82 valence electrons. The molecule has 0 aliphatic carbocycles. The van der Waals surface area contributed by atoms with E-state index in [1.165, 1.54) is 0 Å². The average Bonchev–Trinajstić information content (AvgIpc) is 2.29. The highest BCUT2D eigenvalue weighted by Gasteiger charge is 2.19. The predicted molar refractivity (Wildman–Crippen MR) is 64.2 cm³/mol.